The lowest BCUT2D eigenvalue weighted by atomic mass is 9.90. The van der Waals surface area contributed by atoms with Crippen LogP contribution in [-0.2, 0) is 15.7 Å². The predicted molar refractivity (Wildman–Crippen MR) is 117 cm³/mol. The summed E-state index contributed by atoms with van der Waals surface area (Å²) in [6.07, 6.45) is -3.27. The minimum atomic E-state index is -4.78. The number of rotatable bonds is 6. The minimum Gasteiger partial charge on any atom is -0.381 e. The van der Waals surface area contributed by atoms with E-state index in [2.05, 4.69) is 15.3 Å². The first kappa shape index (κ1) is 26.2. The molecule has 2 saturated heterocycles. The standard InChI is InChI=1S/C23H22ClF5N4O3/c1-2-11-3-18(33(7-11)22(35)17-6-19(23(27,28)29)31-10-30-17)21(34)32-20(12-8-36-9-12)13-4-16(26)14(24)5-15(13)25/h4-6,10-12,18,20H,2-3,7-9H2,1H3,(H,32,34)/t11-,18-,20?/m1/s1. The first-order chi connectivity index (χ1) is 17.0. The normalized spacial score (nSPS) is 21.2. The van der Waals surface area contributed by atoms with Crippen molar-refractivity contribution in [1.29, 1.82) is 0 Å². The molecule has 2 fully saturated rings. The van der Waals surface area contributed by atoms with Gasteiger partial charge in [-0.15, -0.1) is 0 Å². The fourth-order valence-electron chi connectivity index (χ4n) is 4.39. The number of nitrogens with zero attached hydrogens (tertiary/aromatic N) is 3. The number of alkyl halides is 3. The Balaban J connectivity index is 1.60. The van der Waals surface area contributed by atoms with Gasteiger partial charge in [0.1, 0.15) is 35.4 Å². The molecule has 2 aliphatic heterocycles. The number of aromatic nitrogens is 2. The summed E-state index contributed by atoms with van der Waals surface area (Å²) in [6.45, 7) is 2.38. The van der Waals surface area contributed by atoms with Crippen molar-refractivity contribution < 1.29 is 36.3 Å². The second-order valence-corrected chi connectivity index (χ2v) is 9.25. The zero-order valence-electron chi connectivity index (χ0n) is 19.0. The summed E-state index contributed by atoms with van der Waals surface area (Å²) in [5.41, 5.74) is -1.90. The summed E-state index contributed by atoms with van der Waals surface area (Å²) < 4.78 is 73.2. The molecule has 36 heavy (non-hydrogen) atoms. The van der Waals surface area contributed by atoms with Crippen LogP contribution in [0.25, 0.3) is 0 Å². The van der Waals surface area contributed by atoms with Gasteiger partial charge in [-0.05, 0) is 24.5 Å². The lowest BCUT2D eigenvalue weighted by Crippen LogP contribution is -2.50. The van der Waals surface area contributed by atoms with Gasteiger partial charge < -0.3 is 15.0 Å². The van der Waals surface area contributed by atoms with Crippen LogP contribution in [0.3, 0.4) is 0 Å². The van der Waals surface area contributed by atoms with Crippen molar-refractivity contribution in [2.24, 2.45) is 11.8 Å². The van der Waals surface area contributed by atoms with Gasteiger partial charge in [-0.1, -0.05) is 24.9 Å². The molecular weight excluding hydrogens is 511 g/mol. The second kappa shape index (κ2) is 10.3. The third kappa shape index (κ3) is 5.29. The van der Waals surface area contributed by atoms with E-state index in [4.69, 9.17) is 16.3 Å². The van der Waals surface area contributed by atoms with Crippen LogP contribution >= 0.6 is 11.6 Å². The third-order valence-electron chi connectivity index (χ3n) is 6.51. The molecule has 3 heterocycles. The molecule has 0 spiro atoms. The highest BCUT2D eigenvalue weighted by molar-refractivity contribution is 6.30. The number of nitrogens with one attached hydrogen (secondary N) is 1. The molecule has 1 unspecified atom stereocenters. The average Bonchev–Trinajstić information content (AvgIpc) is 3.23. The van der Waals surface area contributed by atoms with Crippen molar-refractivity contribution in [2.75, 3.05) is 19.8 Å². The van der Waals surface area contributed by atoms with E-state index in [1.165, 1.54) is 4.90 Å². The first-order valence-corrected chi connectivity index (χ1v) is 11.6. The van der Waals surface area contributed by atoms with E-state index in [-0.39, 0.29) is 43.6 Å². The van der Waals surface area contributed by atoms with Crippen LogP contribution in [0, 0.1) is 23.5 Å². The molecule has 3 atom stereocenters. The van der Waals surface area contributed by atoms with Crippen molar-refractivity contribution in [2.45, 2.75) is 38.0 Å². The number of hydrogen-bond acceptors (Lipinski definition) is 5. The number of ether oxygens (including phenoxy) is 1. The Labute approximate surface area is 208 Å². The van der Waals surface area contributed by atoms with E-state index < -0.39 is 58.1 Å². The SMILES string of the molecule is CC[C@@H]1C[C@H](C(=O)NC(c2cc(F)c(Cl)cc2F)C2COC2)N(C(=O)c2cc(C(F)(F)F)ncn2)C1. The molecule has 2 amide bonds. The molecule has 2 aliphatic rings. The van der Waals surface area contributed by atoms with Gasteiger partial charge in [-0.3, -0.25) is 9.59 Å². The van der Waals surface area contributed by atoms with Gasteiger partial charge in [0, 0.05) is 24.1 Å². The number of halogens is 6. The zero-order valence-corrected chi connectivity index (χ0v) is 19.7. The van der Waals surface area contributed by atoms with Gasteiger partial charge >= 0.3 is 6.18 Å². The monoisotopic (exact) mass is 532 g/mol. The second-order valence-electron chi connectivity index (χ2n) is 8.84. The molecule has 13 heteroatoms. The van der Waals surface area contributed by atoms with Crippen LogP contribution in [0.15, 0.2) is 24.5 Å². The summed E-state index contributed by atoms with van der Waals surface area (Å²) >= 11 is 5.66. The van der Waals surface area contributed by atoms with Gasteiger partial charge in [0.15, 0.2) is 0 Å². The Morgan fingerprint density at radius 3 is 2.53 bits per heavy atom. The summed E-state index contributed by atoms with van der Waals surface area (Å²) in [6, 6.07) is 0.252. The third-order valence-corrected chi connectivity index (χ3v) is 6.80. The van der Waals surface area contributed by atoms with Crippen LogP contribution < -0.4 is 5.32 Å². The van der Waals surface area contributed by atoms with Crippen molar-refractivity contribution in [3.8, 4) is 0 Å². The van der Waals surface area contributed by atoms with E-state index in [9.17, 15) is 31.5 Å². The summed E-state index contributed by atoms with van der Waals surface area (Å²) in [4.78, 5) is 34.5. The lowest BCUT2D eigenvalue weighted by Gasteiger charge is -2.36. The van der Waals surface area contributed by atoms with E-state index in [0.717, 1.165) is 12.1 Å². The number of carbonyl (C=O) groups excluding carboxylic acids is 2. The van der Waals surface area contributed by atoms with Crippen molar-refractivity contribution in [3.63, 3.8) is 0 Å². The van der Waals surface area contributed by atoms with E-state index >= 15 is 0 Å². The van der Waals surface area contributed by atoms with Crippen molar-refractivity contribution in [3.05, 3.63) is 58.1 Å². The van der Waals surface area contributed by atoms with E-state index in [1.807, 2.05) is 6.92 Å². The molecule has 0 saturated carbocycles. The van der Waals surface area contributed by atoms with Crippen molar-refractivity contribution in [1.82, 2.24) is 20.2 Å². The van der Waals surface area contributed by atoms with Crippen LogP contribution in [-0.4, -0.2) is 52.5 Å². The fraction of sp³-hybridized carbons (Fsp3) is 0.478. The van der Waals surface area contributed by atoms with Gasteiger partial charge in [-0.2, -0.15) is 13.2 Å². The minimum absolute atomic E-state index is 0.0937. The molecule has 2 aromatic rings. The van der Waals surface area contributed by atoms with Crippen LogP contribution in [0.1, 0.15) is 47.6 Å². The smallest absolute Gasteiger partial charge is 0.381 e. The maximum atomic E-state index is 14.7. The highest BCUT2D eigenvalue weighted by Gasteiger charge is 2.43. The molecule has 1 aromatic carbocycles. The average molecular weight is 533 g/mol. The van der Waals surface area contributed by atoms with Crippen LogP contribution in [0.5, 0.6) is 0 Å². The molecular formula is C23H22ClF5N4O3. The first-order valence-electron chi connectivity index (χ1n) is 11.2. The summed E-state index contributed by atoms with van der Waals surface area (Å²) in [7, 11) is 0. The summed E-state index contributed by atoms with van der Waals surface area (Å²) in [5, 5.41) is 2.30. The topological polar surface area (TPSA) is 84.4 Å². The number of carbonyl (C=O) groups is 2. The Morgan fingerprint density at radius 1 is 1.19 bits per heavy atom. The molecule has 194 valence electrons. The Hall–Kier alpha value is -2.86. The molecule has 0 aliphatic carbocycles. The highest BCUT2D eigenvalue weighted by Crippen LogP contribution is 2.34. The molecule has 0 bridgehead atoms. The van der Waals surface area contributed by atoms with Gasteiger partial charge in [0.25, 0.3) is 5.91 Å². The highest BCUT2D eigenvalue weighted by atomic mass is 35.5. The maximum absolute atomic E-state index is 14.7. The van der Waals surface area contributed by atoms with Crippen molar-refractivity contribution >= 4 is 23.4 Å². The molecule has 4 rings (SSSR count). The molecule has 1 aromatic heterocycles. The van der Waals surface area contributed by atoms with E-state index in [0.29, 0.717) is 18.8 Å². The van der Waals surface area contributed by atoms with Gasteiger partial charge in [-0.25, -0.2) is 18.7 Å². The largest absolute Gasteiger partial charge is 0.433 e. The van der Waals surface area contributed by atoms with Gasteiger partial charge in [0.05, 0.1) is 24.3 Å². The summed E-state index contributed by atoms with van der Waals surface area (Å²) in [5.74, 6) is -3.62. The number of amides is 2. The lowest BCUT2D eigenvalue weighted by molar-refractivity contribution is -0.141. The number of hydrogen-bond donors (Lipinski definition) is 1. The quantitative estimate of drug-likeness (QED) is 0.446. The number of benzene rings is 1. The molecule has 7 nitrogen and oxygen atoms in total. The molecule has 0 radical (unpaired) electrons. The van der Waals surface area contributed by atoms with Crippen LogP contribution in [0.2, 0.25) is 5.02 Å². The maximum Gasteiger partial charge on any atom is 0.433 e. The van der Waals surface area contributed by atoms with Crippen LogP contribution in [0.4, 0.5) is 22.0 Å². The Morgan fingerprint density at radius 2 is 1.92 bits per heavy atom. The Kier molecular flexibility index (Phi) is 7.46. The molecule has 1 N–H and O–H groups in total. The fourth-order valence-corrected chi connectivity index (χ4v) is 4.54. The number of likely N-dealkylation sites (tertiary alicyclic amines) is 1. The zero-order chi connectivity index (χ0) is 26.2. The predicted octanol–water partition coefficient (Wildman–Crippen LogP) is 4.17. The Bertz CT molecular complexity index is 1160. The van der Waals surface area contributed by atoms with Gasteiger partial charge in [0.2, 0.25) is 5.91 Å². The van der Waals surface area contributed by atoms with E-state index in [1.54, 1.807) is 0 Å².